The molecular weight excluding hydrogens is 280 g/mol. The number of aromatic nitrogens is 1. The van der Waals surface area contributed by atoms with E-state index in [0.717, 1.165) is 5.69 Å². The smallest absolute Gasteiger partial charge is 0.152 e. The van der Waals surface area contributed by atoms with Crippen molar-refractivity contribution >= 4 is 17.3 Å². The molecule has 21 heavy (non-hydrogen) atoms. The Kier molecular flexibility index (Phi) is 7.35. The second-order valence-corrected chi connectivity index (χ2v) is 6.75. The molecule has 0 aliphatic heterocycles. The summed E-state index contributed by atoms with van der Waals surface area (Å²) in [6.45, 7) is 2.10. The zero-order valence-corrected chi connectivity index (χ0v) is 14.1. The van der Waals surface area contributed by atoms with Gasteiger partial charge in [-0.2, -0.15) is 0 Å². The zero-order valence-electron chi connectivity index (χ0n) is 13.3. The van der Waals surface area contributed by atoms with Crippen LogP contribution in [0.2, 0.25) is 5.15 Å². The van der Waals surface area contributed by atoms with Gasteiger partial charge in [0.05, 0.1) is 5.69 Å². The van der Waals surface area contributed by atoms with E-state index in [2.05, 4.69) is 17.2 Å². The highest BCUT2D eigenvalue weighted by Crippen LogP contribution is 2.26. The maximum absolute atomic E-state index is 6.25. The third-order valence-corrected chi connectivity index (χ3v) is 4.85. The van der Waals surface area contributed by atoms with E-state index in [4.69, 9.17) is 11.6 Å². The topological polar surface area (TPSA) is 24.9 Å². The Bertz CT molecular complexity index is 387. The predicted octanol–water partition coefficient (Wildman–Crippen LogP) is 6.13. The standard InChI is InChI=1S/C18H29ClN2/c1-15-13-14-20-18(19)17(15)21-16-11-9-7-5-3-2-4-6-8-10-12-16/h13-14,16,21H,2-12H2,1H3. The summed E-state index contributed by atoms with van der Waals surface area (Å²) < 4.78 is 0. The van der Waals surface area contributed by atoms with Crippen LogP contribution in [0.4, 0.5) is 5.69 Å². The summed E-state index contributed by atoms with van der Waals surface area (Å²) >= 11 is 6.25. The minimum absolute atomic E-state index is 0.546. The lowest BCUT2D eigenvalue weighted by atomic mass is 9.97. The molecule has 0 saturated heterocycles. The molecule has 3 heteroatoms. The maximum Gasteiger partial charge on any atom is 0.152 e. The van der Waals surface area contributed by atoms with E-state index in [-0.39, 0.29) is 0 Å². The third-order valence-electron chi connectivity index (χ3n) is 4.57. The summed E-state index contributed by atoms with van der Waals surface area (Å²) in [4.78, 5) is 4.21. The summed E-state index contributed by atoms with van der Waals surface area (Å²) in [6.07, 6.45) is 16.8. The van der Waals surface area contributed by atoms with Gasteiger partial charge in [0.2, 0.25) is 0 Å². The number of nitrogens with zero attached hydrogens (tertiary/aromatic N) is 1. The van der Waals surface area contributed by atoms with Crippen molar-refractivity contribution < 1.29 is 0 Å². The van der Waals surface area contributed by atoms with Crippen molar-refractivity contribution in [3.05, 3.63) is 23.0 Å². The van der Waals surface area contributed by atoms with Crippen molar-refractivity contribution in [2.24, 2.45) is 0 Å². The van der Waals surface area contributed by atoms with Crippen LogP contribution < -0.4 is 5.32 Å². The van der Waals surface area contributed by atoms with E-state index in [0.29, 0.717) is 11.2 Å². The van der Waals surface area contributed by atoms with Gasteiger partial charge in [0.1, 0.15) is 0 Å². The highest BCUT2D eigenvalue weighted by molar-refractivity contribution is 6.32. The van der Waals surface area contributed by atoms with Crippen molar-refractivity contribution in [2.45, 2.75) is 83.6 Å². The largest absolute Gasteiger partial charge is 0.380 e. The molecule has 1 aliphatic rings. The molecule has 1 aliphatic carbocycles. The van der Waals surface area contributed by atoms with Crippen LogP contribution in [-0.2, 0) is 0 Å². The van der Waals surface area contributed by atoms with Gasteiger partial charge in [0.25, 0.3) is 0 Å². The average Bonchev–Trinajstić information content (AvgIpc) is 2.45. The molecule has 1 aromatic heterocycles. The van der Waals surface area contributed by atoms with Gasteiger partial charge in [0.15, 0.2) is 5.15 Å². The molecule has 2 rings (SSSR count). The maximum atomic E-state index is 6.25. The summed E-state index contributed by atoms with van der Waals surface area (Å²) in [7, 11) is 0. The fourth-order valence-electron chi connectivity index (χ4n) is 3.21. The van der Waals surface area contributed by atoms with Gasteiger partial charge >= 0.3 is 0 Å². The van der Waals surface area contributed by atoms with Crippen molar-refractivity contribution in [3.63, 3.8) is 0 Å². The van der Waals surface area contributed by atoms with Gasteiger partial charge in [-0.25, -0.2) is 4.98 Å². The SMILES string of the molecule is Cc1ccnc(Cl)c1NC1CCCCCCCCCCC1. The quantitative estimate of drug-likeness (QED) is 0.665. The average molecular weight is 309 g/mol. The normalized spacial score (nSPS) is 19.5. The number of hydrogen-bond donors (Lipinski definition) is 1. The summed E-state index contributed by atoms with van der Waals surface area (Å²) in [5.74, 6) is 0. The number of halogens is 1. The highest BCUT2D eigenvalue weighted by Gasteiger charge is 2.13. The molecule has 0 spiro atoms. The lowest BCUT2D eigenvalue weighted by molar-refractivity contribution is 0.480. The molecule has 2 nitrogen and oxygen atoms in total. The molecule has 118 valence electrons. The lowest BCUT2D eigenvalue weighted by Gasteiger charge is -2.22. The van der Waals surface area contributed by atoms with Crippen LogP contribution in [0, 0.1) is 6.92 Å². The monoisotopic (exact) mass is 308 g/mol. The number of pyridine rings is 1. The first-order valence-electron chi connectivity index (χ1n) is 8.65. The van der Waals surface area contributed by atoms with Gasteiger partial charge in [0, 0.05) is 12.2 Å². The zero-order chi connectivity index (χ0) is 14.9. The van der Waals surface area contributed by atoms with Gasteiger partial charge in [-0.15, -0.1) is 0 Å². The van der Waals surface area contributed by atoms with Crippen LogP contribution in [0.5, 0.6) is 0 Å². The number of hydrogen-bond acceptors (Lipinski definition) is 2. The van der Waals surface area contributed by atoms with E-state index in [1.165, 1.54) is 76.2 Å². The number of nitrogens with one attached hydrogen (secondary N) is 1. The fraction of sp³-hybridized carbons (Fsp3) is 0.722. The van der Waals surface area contributed by atoms with Crippen LogP contribution in [0.1, 0.15) is 76.2 Å². The molecule has 1 saturated carbocycles. The molecule has 0 radical (unpaired) electrons. The molecule has 0 bridgehead atoms. The molecule has 1 fully saturated rings. The Balaban J connectivity index is 1.94. The molecule has 1 heterocycles. The van der Waals surface area contributed by atoms with Crippen LogP contribution >= 0.6 is 11.6 Å². The first kappa shape index (κ1) is 16.6. The predicted molar refractivity (Wildman–Crippen MR) is 92.2 cm³/mol. The Morgan fingerprint density at radius 2 is 1.48 bits per heavy atom. The molecular formula is C18H29ClN2. The Labute approximate surface area is 134 Å². The van der Waals surface area contributed by atoms with E-state index >= 15 is 0 Å². The summed E-state index contributed by atoms with van der Waals surface area (Å²) in [5.41, 5.74) is 2.23. The number of anilines is 1. The first-order valence-corrected chi connectivity index (χ1v) is 9.03. The van der Waals surface area contributed by atoms with Crippen LogP contribution in [0.15, 0.2) is 12.3 Å². The molecule has 1 aromatic rings. The van der Waals surface area contributed by atoms with Crippen LogP contribution in [-0.4, -0.2) is 11.0 Å². The van der Waals surface area contributed by atoms with E-state index < -0.39 is 0 Å². The Hall–Kier alpha value is -0.760. The van der Waals surface area contributed by atoms with Crippen molar-refractivity contribution in [3.8, 4) is 0 Å². The van der Waals surface area contributed by atoms with E-state index in [9.17, 15) is 0 Å². The lowest BCUT2D eigenvalue weighted by Crippen LogP contribution is -2.20. The van der Waals surface area contributed by atoms with Gasteiger partial charge in [-0.05, 0) is 31.4 Å². The molecule has 1 N–H and O–H groups in total. The molecule has 0 aromatic carbocycles. The van der Waals surface area contributed by atoms with E-state index in [1.807, 2.05) is 6.07 Å². The minimum Gasteiger partial charge on any atom is -0.380 e. The first-order chi connectivity index (χ1) is 10.3. The fourth-order valence-corrected chi connectivity index (χ4v) is 3.47. The minimum atomic E-state index is 0.546. The van der Waals surface area contributed by atoms with E-state index in [1.54, 1.807) is 6.20 Å². The third kappa shape index (κ3) is 5.86. The van der Waals surface area contributed by atoms with Gasteiger partial charge < -0.3 is 5.32 Å². The molecule has 0 unspecified atom stereocenters. The van der Waals surface area contributed by atoms with Gasteiger partial charge in [-0.3, -0.25) is 0 Å². The second kappa shape index (κ2) is 9.30. The Morgan fingerprint density at radius 1 is 0.952 bits per heavy atom. The van der Waals surface area contributed by atoms with Crippen LogP contribution in [0.25, 0.3) is 0 Å². The number of rotatable bonds is 2. The van der Waals surface area contributed by atoms with Crippen molar-refractivity contribution in [1.29, 1.82) is 0 Å². The number of aryl methyl sites for hydroxylation is 1. The highest BCUT2D eigenvalue weighted by atomic mass is 35.5. The van der Waals surface area contributed by atoms with Crippen molar-refractivity contribution in [2.75, 3.05) is 5.32 Å². The Morgan fingerprint density at radius 3 is 2.00 bits per heavy atom. The van der Waals surface area contributed by atoms with Gasteiger partial charge in [-0.1, -0.05) is 69.4 Å². The molecule has 0 atom stereocenters. The summed E-state index contributed by atoms with van der Waals surface area (Å²) in [6, 6.07) is 2.58. The second-order valence-electron chi connectivity index (χ2n) is 6.39. The summed E-state index contributed by atoms with van der Waals surface area (Å²) in [5, 5.41) is 4.29. The van der Waals surface area contributed by atoms with Crippen LogP contribution in [0.3, 0.4) is 0 Å². The van der Waals surface area contributed by atoms with Crippen molar-refractivity contribution in [1.82, 2.24) is 4.98 Å². The molecule has 0 amide bonds.